The van der Waals surface area contributed by atoms with E-state index in [1.165, 1.54) is 19.3 Å². The van der Waals surface area contributed by atoms with Crippen LogP contribution in [0.1, 0.15) is 38.2 Å². The number of hydrogen-bond acceptors (Lipinski definition) is 4. The Bertz CT molecular complexity index is 501. The summed E-state index contributed by atoms with van der Waals surface area (Å²) in [6.07, 6.45) is 5.73. The molecule has 1 atom stereocenters. The first-order valence-corrected chi connectivity index (χ1v) is 8.43. The minimum Gasteiger partial charge on any atom is -0.393 e. The van der Waals surface area contributed by atoms with E-state index in [2.05, 4.69) is 21.3 Å². The molecule has 1 aromatic heterocycles. The van der Waals surface area contributed by atoms with Crippen molar-refractivity contribution in [2.45, 2.75) is 45.3 Å². The summed E-state index contributed by atoms with van der Waals surface area (Å²) in [6, 6.07) is 3.87. The summed E-state index contributed by atoms with van der Waals surface area (Å²) in [5.41, 5.74) is 1.05. The number of piperidine rings is 1. The van der Waals surface area contributed by atoms with E-state index >= 15 is 0 Å². The molecular formula is C17H28N4O2. The molecular weight excluding hydrogens is 292 g/mol. The minimum atomic E-state index is -0.391. The third kappa shape index (κ3) is 5.71. The van der Waals surface area contributed by atoms with Crippen LogP contribution >= 0.6 is 0 Å². The standard InChI is InChI=1S/C17H28N4O2/c1-14(22)7-11-20(2)17(23)19-13-15-6-8-18-16(12-15)21-9-4-3-5-10-21/h6,8,12,14,22H,3-5,7,9-11,13H2,1-2H3,(H,19,23). The number of pyridine rings is 1. The van der Waals surface area contributed by atoms with Gasteiger partial charge in [0.05, 0.1) is 6.10 Å². The number of hydrogen-bond donors (Lipinski definition) is 2. The summed E-state index contributed by atoms with van der Waals surface area (Å²) >= 11 is 0. The lowest BCUT2D eigenvalue weighted by atomic mass is 10.1. The largest absolute Gasteiger partial charge is 0.393 e. The van der Waals surface area contributed by atoms with Crippen LogP contribution in [0.3, 0.4) is 0 Å². The molecule has 2 amide bonds. The molecule has 0 spiro atoms. The number of anilines is 1. The van der Waals surface area contributed by atoms with E-state index < -0.39 is 6.10 Å². The van der Waals surface area contributed by atoms with Gasteiger partial charge < -0.3 is 20.2 Å². The van der Waals surface area contributed by atoms with E-state index in [0.717, 1.165) is 24.5 Å². The van der Waals surface area contributed by atoms with Crippen molar-refractivity contribution in [2.75, 3.05) is 31.6 Å². The molecule has 23 heavy (non-hydrogen) atoms. The Morgan fingerprint density at radius 2 is 2.17 bits per heavy atom. The van der Waals surface area contributed by atoms with E-state index in [4.69, 9.17) is 0 Å². The monoisotopic (exact) mass is 320 g/mol. The first-order valence-electron chi connectivity index (χ1n) is 8.43. The number of nitrogens with zero attached hydrogens (tertiary/aromatic N) is 3. The van der Waals surface area contributed by atoms with Gasteiger partial charge in [0.15, 0.2) is 0 Å². The summed E-state index contributed by atoms with van der Waals surface area (Å²) < 4.78 is 0. The second-order valence-corrected chi connectivity index (χ2v) is 6.29. The molecule has 0 aliphatic carbocycles. The van der Waals surface area contributed by atoms with Crippen molar-refractivity contribution in [2.24, 2.45) is 0 Å². The minimum absolute atomic E-state index is 0.123. The average Bonchev–Trinajstić information content (AvgIpc) is 2.58. The second-order valence-electron chi connectivity index (χ2n) is 6.29. The lowest BCUT2D eigenvalue weighted by Gasteiger charge is -2.28. The van der Waals surface area contributed by atoms with Gasteiger partial charge >= 0.3 is 6.03 Å². The van der Waals surface area contributed by atoms with Gasteiger partial charge in [-0.15, -0.1) is 0 Å². The van der Waals surface area contributed by atoms with E-state index in [1.807, 2.05) is 12.3 Å². The Labute approximate surface area is 138 Å². The number of aromatic nitrogens is 1. The molecule has 1 aliphatic heterocycles. The van der Waals surface area contributed by atoms with Crippen molar-refractivity contribution in [3.63, 3.8) is 0 Å². The highest BCUT2D eigenvalue weighted by Crippen LogP contribution is 2.18. The maximum absolute atomic E-state index is 12.0. The molecule has 2 rings (SSSR count). The number of amides is 2. The topological polar surface area (TPSA) is 68.7 Å². The van der Waals surface area contributed by atoms with Crippen LogP contribution in [0.2, 0.25) is 0 Å². The molecule has 0 radical (unpaired) electrons. The number of carbonyl (C=O) groups excluding carboxylic acids is 1. The average molecular weight is 320 g/mol. The van der Waals surface area contributed by atoms with Gasteiger partial charge in [-0.3, -0.25) is 0 Å². The Morgan fingerprint density at radius 3 is 2.87 bits per heavy atom. The van der Waals surface area contributed by atoms with Gasteiger partial charge in [-0.05, 0) is 50.3 Å². The number of aliphatic hydroxyl groups excluding tert-OH is 1. The molecule has 1 aliphatic rings. The van der Waals surface area contributed by atoms with E-state index in [-0.39, 0.29) is 6.03 Å². The smallest absolute Gasteiger partial charge is 0.317 e. The molecule has 1 unspecified atom stereocenters. The maximum Gasteiger partial charge on any atom is 0.317 e. The summed E-state index contributed by atoms with van der Waals surface area (Å²) in [4.78, 5) is 20.4. The second kappa shape index (κ2) is 8.72. The van der Waals surface area contributed by atoms with Crippen molar-refractivity contribution in [3.05, 3.63) is 23.9 Å². The van der Waals surface area contributed by atoms with Gasteiger partial charge in [0, 0.05) is 39.4 Å². The van der Waals surface area contributed by atoms with Crippen LogP contribution in [0, 0.1) is 0 Å². The molecule has 6 nitrogen and oxygen atoms in total. The first-order chi connectivity index (χ1) is 11.1. The Morgan fingerprint density at radius 1 is 1.43 bits per heavy atom. The quantitative estimate of drug-likeness (QED) is 0.841. The van der Waals surface area contributed by atoms with E-state index in [1.54, 1.807) is 18.9 Å². The van der Waals surface area contributed by atoms with Crippen molar-refractivity contribution in [1.82, 2.24) is 15.2 Å². The lowest BCUT2D eigenvalue weighted by molar-refractivity contribution is 0.163. The Balaban J connectivity index is 1.84. The van der Waals surface area contributed by atoms with Gasteiger partial charge in [-0.2, -0.15) is 0 Å². The predicted molar refractivity (Wildman–Crippen MR) is 91.5 cm³/mol. The van der Waals surface area contributed by atoms with Crippen molar-refractivity contribution < 1.29 is 9.90 Å². The molecule has 6 heteroatoms. The van der Waals surface area contributed by atoms with E-state index in [0.29, 0.717) is 19.5 Å². The Kier molecular flexibility index (Phi) is 6.65. The lowest BCUT2D eigenvalue weighted by Crippen LogP contribution is -2.38. The van der Waals surface area contributed by atoms with Crippen LogP contribution < -0.4 is 10.2 Å². The summed E-state index contributed by atoms with van der Waals surface area (Å²) in [5, 5.41) is 12.2. The van der Waals surface area contributed by atoms with Crippen LogP contribution in [0.25, 0.3) is 0 Å². The number of nitrogens with one attached hydrogen (secondary N) is 1. The highest BCUT2D eigenvalue weighted by molar-refractivity contribution is 5.73. The van der Waals surface area contributed by atoms with Crippen molar-refractivity contribution >= 4 is 11.8 Å². The molecule has 0 aromatic carbocycles. The zero-order valence-corrected chi connectivity index (χ0v) is 14.2. The fourth-order valence-corrected chi connectivity index (χ4v) is 2.66. The van der Waals surface area contributed by atoms with E-state index in [9.17, 15) is 9.90 Å². The normalized spacial score (nSPS) is 16.0. The zero-order chi connectivity index (χ0) is 16.7. The zero-order valence-electron chi connectivity index (χ0n) is 14.2. The molecule has 1 saturated heterocycles. The molecule has 0 bridgehead atoms. The fraction of sp³-hybridized carbons (Fsp3) is 0.647. The molecule has 0 saturated carbocycles. The van der Waals surface area contributed by atoms with Gasteiger partial charge in [0.25, 0.3) is 0 Å². The van der Waals surface area contributed by atoms with Crippen LogP contribution in [0.4, 0.5) is 10.6 Å². The summed E-state index contributed by atoms with van der Waals surface area (Å²) in [7, 11) is 1.74. The van der Waals surface area contributed by atoms with Crippen molar-refractivity contribution in [1.29, 1.82) is 0 Å². The highest BCUT2D eigenvalue weighted by atomic mass is 16.3. The number of urea groups is 1. The molecule has 128 valence electrons. The molecule has 1 aromatic rings. The van der Waals surface area contributed by atoms with Crippen LogP contribution in [0.5, 0.6) is 0 Å². The van der Waals surface area contributed by atoms with Gasteiger partial charge in [0.2, 0.25) is 0 Å². The number of aliphatic hydroxyl groups is 1. The fourth-order valence-electron chi connectivity index (χ4n) is 2.66. The van der Waals surface area contributed by atoms with Crippen LogP contribution in [-0.4, -0.2) is 53.8 Å². The molecule has 2 heterocycles. The van der Waals surface area contributed by atoms with Gasteiger partial charge in [-0.25, -0.2) is 9.78 Å². The van der Waals surface area contributed by atoms with Crippen molar-refractivity contribution in [3.8, 4) is 0 Å². The third-order valence-corrected chi connectivity index (χ3v) is 4.16. The number of rotatable bonds is 6. The first kappa shape index (κ1) is 17.5. The van der Waals surface area contributed by atoms with Crippen LogP contribution in [-0.2, 0) is 6.54 Å². The predicted octanol–water partition coefficient (Wildman–Crippen LogP) is 1.98. The molecule has 2 N–H and O–H groups in total. The SMILES string of the molecule is CC(O)CCN(C)C(=O)NCc1ccnc(N2CCCCC2)c1. The Hall–Kier alpha value is -1.82. The highest BCUT2D eigenvalue weighted by Gasteiger charge is 2.13. The summed E-state index contributed by atoms with van der Waals surface area (Å²) in [5.74, 6) is 0.999. The maximum atomic E-state index is 12.0. The van der Waals surface area contributed by atoms with Gasteiger partial charge in [0.1, 0.15) is 5.82 Å². The van der Waals surface area contributed by atoms with Crippen LogP contribution in [0.15, 0.2) is 18.3 Å². The third-order valence-electron chi connectivity index (χ3n) is 4.16. The molecule has 1 fully saturated rings. The number of carbonyl (C=O) groups is 1. The van der Waals surface area contributed by atoms with Gasteiger partial charge in [-0.1, -0.05) is 0 Å². The summed E-state index contributed by atoms with van der Waals surface area (Å²) in [6.45, 7) is 4.88.